The summed E-state index contributed by atoms with van der Waals surface area (Å²) in [7, 11) is 3.82. The van der Waals surface area contributed by atoms with Crippen molar-refractivity contribution in [2.24, 2.45) is 0 Å². The fourth-order valence-electron chi connectivity index (χ4n) is 1.51. The predicted octanol–water partition coefficient (Wildman–Crippen LogP) is 2.77. The third-order valence-corrected chi connectivity index (χ3v) is 3.87. The van der Waals surface area contributed by atoms with Crippen LogP contribution in [0.4, 0.5) is 0 Å². The summed E-state index contributed by atoms with van der Waals surface area (Å²) < 4.78 is 5.98. The molecule has 1 rings (SSSR count). The van der Waals surface area contributed by atoms with E-state index in [0.29, 0.717) is 0 Å². The van der Waals surface area contributed by atoms with Crippen LogP contribution in [-0.2, 0) is 11.3 Å². The van der Waals surface area contributed by atoms with Crippen molar-refractivity contribution in [3.63, 3.8) is 0 Å². The number of methoxy groups -OCH3 is 1. The first kappa shape index (κ1) is 15.9. The molecule has 5 heteroatoms. The molecular formula is C13H20BrClN2O. The van der Waals surface area contributed by atoms with Gasteiger partial charge in [0.05, 0.1) is 11.6 Å². The molecule has 0 aliphatic rings. The van der Waals surface area contributed by atoms with Crippen molar-refractivity contribution in [3.8, 4) is 0 Å². The highest BCUT2D eigenvalue weighted by Crippen LogP contribution is 2.22. The van der Waals surface area contributed by atoms with Gasteiger partial charge in [-0.2, -0.15) is 0 Å². The van der Waals surface area contributed by atoms with Crippen LogP contribution in [0.2, 0.25) is 5.02 Å². The summed E-state index contributed by atoms with van der Waals surface area (Å²) in [5, 5.41) is 4.16. The minimum absolute atomic E-state index is 0.748. The van der Waals surface area contributed by atoms with E-state index < -0.39 is 0 Å². The number of hydrogen-bond donors (Lipinski definition) is 1. The van der Waals surface area contributed by atoms with Gasteiger partial charge in [-0.25, -0.2) is 0 Å². The molecule has 0 spiro atoms. The number of benzene rings is 1. The maximum atomic E-state index is 5.95. The number of nitrogens with one attached hydrogen (secondary N) is 1. The molecule has 0 aliphatic heterocycles. The highest BCUT2D eigenvalue weighted by molar-refractivity contribution is 9.10. The molecule has 0 atom stereocenters. The number of likely N-dealkylation sites (N-methyl/N-ethyl adjacent to an activating group) is 1. The van der Waals surface area contributed by atoms with Crippen molar-refractivity contribution in [2.45, 2.75) is 6.54 Å². The first-order valence-electron chi connectivity index (χ1n) is 5.95. The van der Waals surface area contributed by atoms with E-state index >= 15 is 0 Å². The average molecular weight is 336 g/mol. The van der Waals surface area contributed by atoms with Gasteiger partial charge in [0.2, 0.25) is 0 Å². The zero-order valence-electron chi connectivity index (χ0n) is 10.9. The molecule has 1 aromatic rings. The third kappa shape index (κ3) is 6.16. The zero-order valence-corrected chi connectivity index (χ0v) is 13.2. The summed E-state index contributed by atoms with van der Waals surface area (Å²) in [6.07, 6.45) is 0. The standard InChI is InChI=1S/C13H20BrClN2O/c1-17(7-8-18-2)6-5-16-10-11-3-4-13(15)12(14)9-11/h3-4,9,16H,5-8,10H2,1-2H3. The molecule has 1 N–H and O–H groups in total. The van der Waals surface area contributed by atoms with Crippen molar-refractivity contribution < 1.29 is 4.74 Å². The fourth-order valence-corrected chi connectivity index (χ4v) is 2.05. The summed E-state index contributed by atoms with van der Waals surface area (Å²) in [6.45, 7) is 4.57. The van der Waals surface area contributed by atoms with Gasteiger partial charge in [-0.1, -0.05) is 17.7 Å². The Kier molecular flexibility index (Phi) is 7.86. The van der Waals surface area contributed by atoms with Crippen molar-refractivity contribution in [3.05, 3.63) is 33.3 Å². The maximum Gasteiger partial charge on any atom is 0.0589 e. The van der Waals surface area contributed by atoms with E-state index in [1.54, 1.807) is 7.11 Å². The SMILES string of the molecule is COCCN(C)CCNCc1ccc(Cl)c(Br)c1. The lowest BCUT2D eigenvalue weighted by Crippen LogP contribution is -2.31. The molecule has 18 heavy (non-hydrogen) atoms. The minimum Gasteiger partial charge on any atom is -0.383 e. The van der Waals surface area contributed by atoms with Gasteiger partial charge < -0.3 is 15.0 Å². The van der Waals surface area contributed by atoms with Crippen LogP contribution in [0.5, 0.6) is 0 Å². The Hall–Kier alpha value is -0.130. The van der Waals surface area contributed by atoms with Crippen LogP contribution < -0.4 is 5.32 Å². The van der Waals surface area contributed by atoms with Gasteiger partial charge in [0.1, 0.15) is 0 Å². The van der Waals surface area contributed by atoms with E-state index in [1.165, 1.54) is 5.56 Å². The van der Waals surface area contributed by atoms with Crippen molar-refractivity contribution in [1.82, 2.24) is 10.2 Å². The Balaban J connectivity index is 2.19. The number of rotatable bonds is 8. The molecule has 3 nitrogen and oxygen atoms in total. The summed E-state index contributed by atoms with van der Waals surface area (Å²) in [4.78, 5) is 2.24. The van der Waals surface area contributed by atoms with Crippen LogP contribution in [0.15, 0.2) is 22.7 Å². The Morgan fingerprint density at radius 3 is 2.83 bits per heavy atom. The third-order valence-electron chi connectivity index (χ3n) is 2.66. The molecule has 0 heterocycles. The van der Waals surface area contributed by atoms with E-state index in [2.05, 4.69) is 33.2 Å². The van der Waals surface area contributed by atoms with Gasteiger partial charge in [0.25, 0.3) is 0 Å². The van der Waals surface area contributed by atoms with Gasteiger partial charge in [-0.05, 0) is 40.7 Å². The second-order valence-electron chi connectivity index (χ2n) is 4.22. The van der Waals surface area contributed by atoms with Crippen LogP contribution >= 0.6 is 27.5 Å². The van der Waals surface area contributed by atoms with Gasteiger partial charge >= 0.3 is 0 Å². The molecule has 0 saturated heterocycles. The lowest BCUT2D eigenvalue weighted by molar-refractivity contribution is 0.161. The fraction of sp³-hybridized carbons (Fsp3) is 0.538. The van der Waals surface area contributed by atoms with Crippen LogP contribution in [0.3, 0.4) is 0 Å². The lowest BCUT2D eigenvalue weighted by Gasteiger charge is -2.16. The normalized spacial score (nSPS) is 11.2. The molecule has 0 aromatic heterocycles. The molecule has 0 bridgehead atoms. The zero-order chi connectivity index (χ0) is 13.4. The number of nitrogens with zero attached hydrogens (tertiary/aromatic N) is 1. The second kappa shape index (κ2) is 8.88. The summed E-state index contributed by atoms with van der Waals surface area (Å²) >= 11 is 9.37. The maximum absolute atomic E-state index is 5.95. The van der Waals surface area contributed by atoms with Crippen LogP contribution in [-0.4, -0.2) is 45.3 Å². The molecule has 0 saturated carbocycles. The van der Waals surface area contributed by atoms with Crippen molar-refractivity contribution in [1.29, 1.82) is 0 Å². The molecule has 1 aromatic carbocycles. The molecule has 0 aliphatic carbocycles. The van der Waals surface area contributed by atoms with E-state index in [9.17, 15) is 0 Å². The Labute approximate surface area is 123 Å². The second-order valence-corrected chi connectivity index (χ2v) is 5.48. The molecular weight excluding hydrogens is 316 g/mol. The Bertz CT molecular complexity index is 363. The highest BCUT2D eigenvalue weighted by Gasteiger charge is 2.00. The first-order chi connectivity index (χ1) is 8.63. The molecule has 0 unspecified atom stereocenters. The lowest BCUT2D eigenvalue weighted by atomic mass is 10.2. The predicted molar refractivity (Wildman–Crippen MR) is 80.2 cm³/mol. The number of ether oxygens (including phenoxy) is 1. The van der Waals surface area contributed by atoms with Crippen molar-refractivity contribution in [2.75, 3.05) is 40.4 Å². The van der Waals surface area contributed by atoms with E-state index in [4.69, 9.17) is 16.3 Å². The van der Waals surface area contributed by atoms with E-state index in [-0.39, 0.29) is 0 Å². The van der Waals surface area contributed by atoms with E-state index in [0.717, 1.165) is 42.3 Å². The summed E-state index contributed by atoms with van der Waals surface area (Å²) in [5.74, 6) is 0. The van der Waals surface area contributed by atoms with E-state index in [1.807, 2.05) is 18.2 Å². The van der Waals surface area contributed by atoms with Crippen molar-refractivity contribution >= 4 is 27.5 Å². The topological polar surface area (TPSA) is 24.5 Å². The van der Waals surface area contributed by atoms with Gasteiger partial charge in [0.15, 0.2) is 0 Å². The van der Waals surface area contributed by atoms with Crippen LogP contribution in [0.25, 0.3) is 0 Å². The average Bonchev–Trinajstić information content (AvgIpc) is 2.36. The quantitative estimate of drug-likeness (QED) is 0.739. The van der Waals surface area contributed by atoms with Crippen LogP contribution in [0, 0.1) is 0 Å². The molecule has 0 amide bonds. The van der Waals surface area contributed by atoms with Gasteiger partial charge in [-0.3, -0.25) is 0 Å². The van der Waals surface area contributed by atoms with Gasteiger partial charge in [-0.15, -0.1) is 0 Å². The summed E-state index contributed by atoms with van der Waals surface area (Å²) in [5.41, 5.74) is 1.23. The molecule has 0 radical (unpaired) electrons. The minimum atomic E-state index is 0.748. The number of hydrogen-bond acceptors (Lipinski definition) is 3. The Morgan fingerprint density at radius 1 is 1.39 bits per heavy atom. The first-order valence-corrected chi connectivity index (χ1v) is 7.12. The molecule has 102 valence electrons. The monoisotopic (exact) mass is 334 g/mol. The number of halogens is 2. The van der Waals surface area contributed by atoms with Gasteiger partial charge in [0, 0.05) is 37.8 Å². The highest BCUT2D eigenvalue weighted by atomic mass is 79.9. The Morgan fingerprint density at radius 2 is 2.17 bits per heavy atom. The smallest absolute Gasteiger partial charge is 0.0589 e. The summed E-state index contributed by atoms with van der Waals surface area (Å²) in [6, 6.07) is 5.99. The largest absolute Gasteiger partial charge is 0.383 e. The molecule has 0 fully saturated rings. The van der Waals surface area contributed by atoms with Crippen LogP contribution in [0.1, 0.15) is 5.56 Å².